The van der Waals surface area contributed by atoms with Crippen LogP contribution in [-0.2, 0) is 13.1 Å². The van der Waals surface area contributed by atoms with Gasteiger partial charge in [-0.3, -0.25) is 9.48 Å². The number of methoxy groups -OCH3 is 2. The van der Waals surface area contributed by atoms with Crippen LogP contribution in [0.4, 0.5) is 4.39 Å². The molecule has 1 heterocycles. The van der Waals surface area contributed by atoms with Crippen LogP contribution in [0.2, 0.25) is 0 Å². The summed E-state index contributed by atoms with van der Waals surface area (Å²) in [6.07, 6.45) is 0. The van der Waals surface area contributed by atoms with Crippen LogP contribution in [0, 0.1) is 5.82 Å². The van der Waals surface area contributed by atoms with Crippen LogP contribution in [0.5, 0.6) is 11.5 Å². The van der Waals surface area contributed by atoms with E-state index in [4.69, 9.17) is 9.47 Å². The third kappa shape index (κ3) is 3.98. The Hall–Kier alpha value is -3.35. The highest BCUT2D eigenvalue weighted by Crippen LogP contribution is 2.33. The van der Waals surface area contributed by atoms with Crippen LogP contribution in [-0.4, -0.2) is 29.9 Å². The Kier molecular flexibility index (Phi) is 5.93. The minimum Gasteiger partial charge on any atom is -0.497 e. The first-order valence-corrected chi connectivity index (χ1v) is 8.89. The zero-order chi connectivity index (χ0) is 20.1. The van der Waals surface area contributed by atoms with Crippen LogP contribution >= 0.6 is 0 Å². The normalized spacial score (nSPS) is 10.6. The average Bonchev–Trinajstić information content (AvgIpc) is 3.16. The summed E-state index contributed by atoms with van der Waals surface area (Å²) in [7, 11) is 3.16. The maximum absolute atomic E-state index is 13.7. The van der Waals surface area contributed by atoms with E-state index in [0.29, 0.717) is 23.6 Å². The van der Waals surface area contributed by atoms with Gasteiger partial charge < -0.3 is 14.8 Å². The number of rotatable bonds is 7. The second kappa shape index (κ2) is 8.56. The fourth-order valence-corrected chi connectivity index (χ4v) is 2.90. The lowest BCUT2D eigenvalue weighted by Crippen LogP contribution is -2.24. The maximum atomic E-state index is 13.7. The second-order valence-corrected chi connectivity index (χ2v) is 6.07. The molecule has 0 spiro atoms. The van der Waals surface area contributed by atoms with Crippen LogP contribution in [0.3, 0.4) is 0 Å². The van der Waals surface area contributed by atoms with Crippen LogP contribution in [0.15, 0.2) is 48.5 Å². The fraction of sp³-hybridized carbons (Fsp3) is 0.238. The molecule has 0 radical (unpaired) electrons. The molecule has 6 nitrogen and oxygen atoms in total. The molecule has 0 atom stereocenters. The smallest absolute Gasteiger partial charge is 0.272 e. The maximum Gasteiger partial charge on any atom is 0.272 e. The lowest BCUT2D eigenvalue weighted by molar-refractivity contribution is 0.0944. The molecular weight excluding hydrogens is 361 g/mol. The number of nitrogens with one attached hydrogen (secondary N) is 1. The van der Waals surface area contributed by atoms with Crippen molar-refractivity contribution in [2.75, 3.05) is 14.2 Å². The Morgan fingerprint density at radius 2 is 1.93 bits per heavy atom. The van der Waals surface area contributed by atoms with Gasteiger partial charge in [0.25, 0.3) is 5.91 Å². The number of amides is 1. The van der Waals surface area contributed by atoms with E-state index in [1.54, 1.807) is 49.2 Å². The first-order chi connectivity index (χ1) is 13.6. The summed E-state index contributed by atoms with van der Waals surface area (Å²) in [6.45, 7) is 2.60. The molecule has 0 aliphatic carbocycles. The lowest BCUT2D eigenvalue weighted by Gasteiger charge is -2.11. The number of aryl methyl sites for hydroxylation is 1. The van der Waals surface area contributed by atoms with E-state index in [0.717, 1.165) is 11.3 Å². The van der Waals surface area contributed by atoms with E-state index in [9.17, 15) is 9.18 Å². The monoisotopic (exact) mass is 383 g/mol. The molecule has 1 amide bonds. The Bertz CT molecular complexity index is 985. The quantitative estimate of drug-likeness (QED) is 0.676. The predicted octanol–water partition coefficient (Wildman–Crippen LogP) is 3.66. The minimum atomic E-state index is -0.371. The largest absolute Gasteiger partial charge is 0.497 e. The summed E-state index contributed by atoms with van der Waals surface area (Å²) < 4.78 is 26.2. The van der Waals surface area contributed by atoms with Gasteiger partial charge in [0.2, 0.25) is 0 Å². The third-order valence-corrected chi connectivity index (χ3v) is 4.39. The number of hydrogen-bond acceptors (Lipinski definition) is 4. The van der Waals surface area contributed by atoms with Gasteiger partial charge in [-0.1, -0.05) is 18.2 Å². The highest BCUT2D eigenvalue weighted by molar-refractivity contribution is 5.93. The number of carbonyl (C=O) groups is 1. The van der Waals surface area contributed by atoms with Gasteiger partial charge in [-0.25, -0.2) is 4.39 Å². The van der Waals surface area contributed by atoms with E-state index in [-0.39, 0.29) is 24.0 Å². The number of hydrogen-bond donors (Lipinski definition) is 1. The molecule has 0 fully saturated rings. The summed E-state index contributed by atoms with van der Waals surface area (Å²) >= 11 is 0. The van der Waals surface area contributed by atoms with Crippen LogP contribution in [0.25, 0.3) is 11.3 Å². The van der Waals surface area contributed by atoms with Crippen molar-refractivity contribution in [3.8, 4) is 22.8 Å². The topological polar surface area (TPSA) is 65.4 Å². The number of nitrogens with zero attached hydrogens (tertiary/aromatic N) is 2. The van der Waals surface area contributed by atoms with Gasteiger partial charge in [0.15, 0.2) is 5.69 Å². The molecule has 0 aliphatic rings. The zero-order valence-corrected chi connectivity index (χ0v) is 16.0. The fourth-order valence-electron chi connectivity index (χ4n) is 2.90. The molecule has 1 N–H and O–H groups in total. The van der Waals surface area contributed by atoms with Crippen molar-refractivity contribution in [1.82, 2.24) is 15.1 Å². The summed E-state index contributed by atoms with van der Waals surface area (Å²) in [5.74, 6) is 0.563. The van der Waals surface area contributed by atoms with Gasteiger partial charge in [0.1, 0.15) is 17.3 Å². The molecule has 28 heavy (non-hydrogen) atoms. The molecule has 0 saturated heterocycles. The highest BCUT2D eigenvalue weighted by atomic mass is 19.1. The van der Waals surface area contributed by atoms with E-state index >= 15 is 0 Å². The van der Waals surface area contributed by atoms with Crippen molar-refractivity contribution >= 4 is 5.91 Å². The summed E-state index contributed by atoms with van der Waals surface area (Å²) in [4.78, 5) is 12.5. The number of benzene rings is 2. The van der Waals surface area contributed by atoms with Crippen molar-refractivity contribution < 1.29 is 18.7 Å². The van der Waals surface area contributed by atoms with Gasteiger partial charge in [0.05, 0.1) is 19.9 Å². The van der Waals surface area contributed by atoms with E-state index in [1.165, 1.54) is 6.07 Å². The molecule has 1 aromatic heterocycles. The van der Waals surface area contributed by atoms with E-state index in [1.807, 2.05) is 19.1 Å². The molecule has 146 valence electrons. The van der Waals surface area contributed by atoms with Crippen molar-refractivity contribution in [3.05, 3.63) is 65.6 Å². The lowest BCUT2D eigenvalue weighted by atomic mass is 10.1. The molecule has 3 aromatic rings. The molecule has 0 aliphatic heterocycles. The number of aromatic nitrogens is 2. The molecule has 0 saturated carbocycles. The number of ether oxygens (including phenoxy) is 2. The van der Waals surface area contributed by atoms with Crippen molar-refractivity contribution in [1.29, 1.82) is 0 Å². The zero-order valence-electron chi connectivity index (χ0n) is 16.0. The van der Waals surface area contributed by atoms with Crippen molar-refractivity contribution in [3.63, 3.8) is 0 Å². The van der Waals surface area contributed by atoms with Gasteiger partial charge in [-0.15, -0.1) is 0 Å². The summed E-state index contributed by atoms with van der Waals surface area (Å²) in [5.41, 5.74) is 2.22. The van der Waals surface area contributed by atoms with Crippen molar-refractivity contribution in [2.24, 2.45) is 0 Å². The van der Waals surface area contributed by atoms with Gasteiger partial charge >= 0.3 is 0 Å². The molecular formula is C21H22FN3O3. The number of carbonyl (C=O) groups excluding carboxylic acids is 1. The van der Waals surface area contributed by atoms with Crippen LogP contribution < -0.4 is 14.8 Å². The number of halogens is 1. The molecule has 0 bridgehead atoms. The third-order valence-electron chi connectivity index (χ3n) is 4.39. The Balaban J connectivity index is 1.86. The SMILES string of the molecule is CCn1nc(C(=O)NCc2ccccc2F)cc1-c1ccc(OC)cc1OC. The van der Waals surface area contributed by atoms with Gasteiger partial charge in [-0.2, -0.15) is 5.10 Å². The van der Waals surface area contributed by atoms with Crippen molar-refractivity contribution in [2.45, 2.75) is 20.0 Å². The van der Waals surface area contributed by atoms with Gasteiger partial charge in [-0.05, 0) is 31.2 Å². The summed E-state index contributed by atoms with van der Waals surface area (Å²) in [5, 5.41) is 7.09. The predicted molar refractivity (Wildman–Crippen MR) is 104 cm³/mol. The van der Waals surface area contributed by atoms with E-state index < -0.39 is 0 Å². The first kappa shape index (κ1) is 19.4. The molecule has 3 rings (SSSR count). The summed E-state index contributed by atoms with van der Waals surface area (Å²) in [6, 6.07) is 13.5. The average molecular weight is 383 g/mol. The van der Waals surface area contributed by atoms with Gasteiger partial charge in [0, 0.05) is 30.3 Å². The second-order valence-electron chi connectivity index (χ2n) is 6.07. The standard InChI is InChI=1S/C21H22FN3O3/c1-4-25-19(16-10-9-15(27-2)11-20(16)28-3)12-18(24-25)21(26)23-13-14-7-5-6-8-17(14)22/h5-12H,4,13H2,1-3H3,(H,23,26). The molecule has 7 heteroatoms. The molecule has 2 aromatic carbocycles. The van der Waals surface area contributed by atoms with Crippen LogP contribution in [0.1, 0.15) is 23.0 Å². The molecule has 0 unspecified atom stereocenters. The Labute approximate surface area is 162 Å². The highest BCUT2D eigenvalue weighted by Gasteiger charge is 2.18. The minimum absolute atomic E-state index is 0.0890. The Morgan fingerprint density at radius 1 is 1.14 bits per heavy atom. The van der Waals surface area contributed by atoms with E-state index in [2.05, 4.69) is 10.4 Å². The first-order valence-electron chi connectivity index (χ1n) is 8.89. The Morgan fingerprint density at radius 3 is 2.61 bits per heavy atom.